The van der Waals surface area contributed by atoms with E-state index in [1.807, 2.05) is 37.3 Å². The van der Waals surface area contributed by atoms with Crippen LogP contribution < -0.4 is 10.5 Å². The van der Waals surface area contributed by atoms with Crippen molar-refractivity contribution >= 4 is 15.9 Å². The van der Waals surface area contributed by atoms with Crippen molar-refractivity contribution in [2.75, 3.05) is 5.75 Å². The predicted molar refractivity (Wildman–Crippen MR) is 77.8 cm³/mol. The first kappa shape index (κ1) is 15.7. The van der Waals surface area contributed by atoms with Gasteiger partial charge in [-0.05, 0) is 25.3 Å². The summed E-state index contributed by atoms with van der Waals surface area (Å²) >= 11 is 0. The van der Waals surface area contributed by atoms with Crippen molar-refractivity contribution in [1.29, 1.82) is 5.41 Å². The summed E-state index contributed by atoms with van der Waals surface area (Å²) in [6.45, 7) is 5.00. The summed E-state index contributed by atoms with van der Waals surface area (Å²) in [5, 5.41) is 7.37. The molecule has 5 nitrogen and oxygen atoms in total. The van der Waals surface area contributed by atoms with Crippen molar-refractivity contribution in [3.63, 3.8) is 0 Å². The first-order chi connectivity index (χ1) is 8.64. The summed E-state index contributed by atoms with van der Waals surface area (Å²) in [7, 11) is -3.50. The van der Waals surface area contributed by atoms with E-state index in [9.17, 15) is 8.42 Å². The molecule has 1 atom stereocenters. The van der Waals surface area contributed by atoms with Gasteiger partial charge in [-0.2, -0.15) is 0 Å². The monoisotopic (exact) mass is 283 g/mol. The van der Waals surface area contributed by atoms with Crippen molar-refractivity contribution in [3.05, 3.63) is 35.9 Å². The fourth-order valence-corrected chi connectivity index (χ4v) is 3.51. The molecule has 0 aliphatic carbocycles. The molecule has 0 fully saturated rings. The van der Waals surface area contributed by atoms with Gasteiger partial charge in [-0.25, -0.2) is 13.1 Å². The molecular formula is C13H21N3O2S. The van der Waals surface area contributed by atoms with Gasteiger partial charge in [0.2, 0.25) is 10.0 Å². The van der Waals surface area contributed by atoms with Crippen LogP contribution in [0.25, 0.3) is 0 Å². The third kappa shape index (κ3) is 4.65. The second-order valence-electron chi connectivity index (χ2n) is 5.23. The Balaban J connectivity index is 2.78. The number of amidine groups is 1. The standard InChI is InChI=1S/C13H21N3O2S/c1-10(11-7-5-4-6-8-11)9-19(17,18)16-13(2,3)12(14)15/h4-8,10,16H,9H2,1-3H3,(H3,14,15). The number of benzene rings is 1. The SMILES string of the molecule is CC(CS(=O)(=O)NC(C)(C)C(=N)N)c1ccccc1. The lowest BCUT2D eigenvalue weighted by atomic mass is 10.0. The van der Waals surface area contributed by atoms with Gasteiger partial charge >= 0.3 is 0 Å². The molecular weight excluding hydrogens is 262 g/mol. The van der Waals surface area contributed by atoms with Gasteiger partial charge < -0.3 is 5.73 Å². The van der Waals surface area contributed by atoms with Crippen LogP contribution in [0, 0.1) is 5.41 Å². The van der Waals surface area contributed by atoms with E-state index >= 15 is 0 Å². The fraction of sp³-hybridized carbons (Fsp3) is 0.462. The van der Waals surface area contributed by atoms with Crippen molar-refractivity contribution in [2.45, 2.75) is 32.2 Å². The van der Waals surface area contributed by atoms with Crippen LogP contribution in [-0.2, 0) is 10.0 Å². The Morgan fingerprint density at radius 2 is 1.89 bits per heavy atom. The van der Waals surface area contributed by atoms with E-state index < -0.39 is 15.6 Å². The van der Waals surface area contributed by atoms with Gasteiger partial charge in [-0.1, -0.05) is 37.3 Å². The maximum atomic E-state index is 12.1. The van der Waals surface area contributed by atoms with E-state index in [2.05, 4.69) is 4.72 Å². The first-order valence-corrected chi connectivity index (χ1v) is 7.70. The minimum atomic E-state index is -3.50. The van der Waals surface area contributed by atoms with Crippen molar-refractivity contribution in [2.24, 2.45) is 5.73 Å². The molecule has 1 unspecified atom stereocenters. The summed E-state index contributed by atoms with van der Waals surface area (Å²) < 4.78 is 26.6. The lowest BCUT2D eigenvalue weighted by Crippen LogP contribution is -2.53. The maximum absolute atomic E-state index is 12.1. The van der Waals surface area contributed by atoms with Gasteiger partial charge in [0.15, 0.2) is 0 Å². The summed E-state index contributed by atoms with van der Waals surface area (Å²) in [5.74, 6) is -0.363. The molecule has 4 N–H and O–H groups in total. The first-order valence-electron chi connectivity index (χ1n) is 6.05. The zero-order chi connectivity index (χ0) is 14.7. The van der Waals surface area contributed by atoms with Crippen LogP contribution in [0.15, 0.2) is 30.3 Å². The highest BCUT2D eigenvalue weighted by atomic mass is 32.2. The topological polar surface area (TPSA) is 96.0 Å². The quantitative estimate of drug-likeness (QED) is 0.544. The fourth-order valence-electron chi connectivity index (χ4n) is 1.69. The largest absolute Gasteiger partial charge is 0.386 e. The highest BCUT2D eigenvalue weighted by molar-refractivity contribution is 7.89. The Kier molecular flexibility index (Phi) is 4.70. The van der Waals surface area contributed by atoms with Gasteiger partial charge in [0, 0.05) is 0 Å². The Bertz CT molecular complexity index is 538. The molecule has 0 spiro atoms. The molecule has 0 radical (unpaired) electrons. The van der Waals surface area contributed by atoms with Gasteiger partial charge in [-0.15, -0.1) is 0 Å². The molecule has 0 aromatic heterocycles. The highest BCUT2D eigenvalue weighted by Crippen LogP contribution is 2.17. The van der Waals surface area contributed by atoms with Crippen LogP contribution in [0.5, 0.6) is 0 Å². The van der Waals surface area contributed by atoms with E-state index in [-0.39, 0.29) is 17.5 Å². The Hall–Kier alpha value is -1.40. The molecule has 0 aliphatic rings. The molecule has 0 aliphatic heterocycles. The van der Waals surface area contributed by atoms with Crippen LogP contribution in [0.1, 0.15) is 32.3 Å². The number of nitrogens with one attached hydrogen (secondary N) is 2. The second-order valence-corrected chi connectivity index (χ2v) is 7.00. The minimum Gasteiger partial charge on any atom is -0.386 e. The third-order valence-electron chi connectivity index (χ3n) is 2.92. The predicted octanol–water partition coefficient (Wildman–Crippen LogP) is 1.42. The smallest absolute Gasteiger partial charge is 0.213 e. The van der Waals surface area contributed by atoms with Crippen LogP contribution >= 0.6 is 0 Å². The second kappa shape index (κ2) is 5.71. The number of sulfonamides is 1. The number of hydrogen-bond donors (Lipinski definition) is 3. The summed E-state index contributed by atoms with van der Waals surface area (Å²) in [6, 6.07) is 9.45. The average Bonchev–Trinajstić information content (AvgIpc) is 2.27. The minimum absolute atomic E-state index is 0.0340. The van der Waals surface area contributed by atoms with Crippen LogP contribution in [0.4, 0.5) is 0 Å². The van der Waals surface area contributed by atoms with Crippen LogP contribution in [0.2, 0.25) is 0 Å². The molecule has 0 saturated heterocycles. The van der Waals surface area contributed by atoms with Crippen molar-refractivity contribution in [3.8, 4) is 0 Å². The van der Waals surface area contributed by atoms with Crippen LogP contribution in [0.3, 0.4) is 0 Å². The number of nitrogens with two attached hydrogens (primary N) is 1. The molecule has 0 amide bonds. The lowest BCUT2D eigenvalue weighted by Gasteiger charge is -2.25. The third-order valence-corrected chi connectivity index (χ3v) is 4.68. The molecule has 1 rings (SSSR count). The number of hydrogen-bond acceptors (Lipinski definition) is 3. The molecule has 0 heterocycles. The zero-order valence-electron chi connectivity index (χ0n) is 11.5. The molecule has 6 heteroatoms. The Labute approximate surface area is 114 Å². The van der Waals surface area contributed by atoms with Crippen LogP contribution in [-0.4, -0.2) is 25.5 Å². The summed E-state index contributed by atoms with van der Waals surface area (Å²) in [6.07, 6.45) is 0. The summed E-state index contributed by atoms with van der Waals surface area (Å²) in [4.78, 5) is 0. The van der Waals surface area contributed by atoms with Gasteiger partial charge in [0.25, 0.3) is 0 Å². The highest BCUT2D eigenvalue weighted by Gasteiger charge is 2.29. The molecule has 19 heavy (non-hydrogen) atoms. The lowest BCUT2D eigenvalue weighted by molar-refractivity contribution is 0.538. The normalized spacial score (nSPS) is 14.1. The van der Waals surface area contributed by atoms with E-state index in [0.717, 1.165) is 5.56 Å². The van der Waals surface area contributed by atoms with Crippen molar-refractivity contribution in [1.82, 2.24) is 4.72 Å². The van der Waals surface area contributed by atoms with E-state index in [0.29, 0.717) is 0 Å². The molecule has 106 valence electrons. The number of rotatable bonds is 6. The molecule has 0 bridgehead atoms. The van der Waals surface area contributed by atoms with E-state index in [1.54, 1.807) is 13.8 Å². The van der Waals surface area contributed by atoms with Gasteiger partial charge in [0.05, 0.1) is 11.3 Å². The zero-order valence-corrected chi connectivity index (χ0v) is 12.3. The Morgan fingerprint density at radius 1 is 1.37 bits per heavy atom. The van der Waals surface area contributed by atoms with Crippen molar-refractivity contribution < 1.29 is 8.42 Å². The van der Waals surface area contributed by atoms with Gasteiger partial charge in [-0.3, -0.25) is 5.41 Å². The maximum Gasteiger partial charge on any atom is 0.213 e. The molecule has 0 saturated carbocycles. The van der Waals surface area contributed by atoms with Gasteiger partial charge in [0.1, 0.15) is 5.84 Å². The summed E-state index contributed by atoms with van der Waals surface area (Å²) in [5.41, 5.74) is 5.28. The van der Waals surface area contributed by atoms with E-state index in [1.165, 1.54) is 0 Å². The molecule has 1 aromatic rings. The average molecular weight is 283 g/mol. The molecule has 1 aromatic carbocycles. The Morgan fingerprint density at radius 3 is 2.37 bits per heavy atom. The van der Waals surface area contributed by atoms with E-state index in [4.69, 9.17) is 11.1 Å².